The molecule has 0 atom stereocenters. The van der Waals surface area contributed by atoms with Crippen LogP contribution in [0.3, 0.4) is 0 Å². The Balaban J connectivity index is 2.01. The first-order valence-corrected chi connectivity index (χ1v) is 7.83. The van der Waals surface area contributed by atoms with Gasteiger partial charge in [0, 0.05) is 25.4 Å². The molecule has 0 saturated carbocycles. The summed E-state index contributed by atoms with van der Waals surface area (Å²) in [6.45, 7) is 0.0154. The van der Waals surface area contributed by atoms with E-state index in [1.54, 1.807) is 0 Å². The molecular formula is C15H11ClF6N4O2. The van der Waals surface area contributed by atoms with E-state index in [0.29, 0.717) is 24.4 Å². The van der Waals surface area contributed by atoms with Gasteiger partial charge in [-0.2, -0.15) is 26.3 Å². The molecule has 0 amide bonds. The average Bonchev–Trinajstić information content (AvgIpc) is 2.57. The summed E-state index contributed by atoms with van der Waals surface area (Å²) in [4.78, 5) is 13.6. The minimum Gasteiger partial charge on any atom is -0.378 e. The highest BCUT2D eigenvalue weighted by Crippen LogP contribution is 2.35. The van der Waals surface area contributed by atoms with Crippen molar-refractivity contribution < 1.29 is 31.3 Å². The Morgan fingerprint density at radius 1 is 1.00 bits per heavy atom. The number of hydrogen-bond acceptors (Lipinski definition) is 5. The number of aromatic nitrogens is 1. The van der Waals surface area contributed by atoms with Gasteiger partial charge in [-0.05, 0) is 18.2 Å². The Morgan fingerprint density at radius 2 is 1.61 bits per heavy atom. The van der Waals surface area contributed by atoms with Crippen LogP contribution in [0.25, 0.3) is 0 Å². The van der Waals surface area contributed by atoms with E-state index in [9.17, 15) is 36.5 Å². The number of nitrogens with zero attached hydrogens (tertiary/aromatic N) is 2. The minimum absolute atomic E-state index is 0.00869. The van der Waals surface area contributed by atoms with Crippen molar-refractivity contribution in [1.82, 2.24) is 4.98 Å². The van der Waals surface area contributed by atoms with Crippen molar-refractivity contribution in [2.24, 2.45) is 0 Å². The highest BCUT2D eigenvalue weighted by atomic mass is 35.5. The Hall–Kier alpha value is -2.76. The molecule has 1 heterocycles. The molecule has 0 fully saturated rings. The largest absolute Gasteiger partial charge is 0.417 e. The van der Waals surface area contributed by atoms with Crippen molar-refractivity contribution in [3.63, 3.8) is 0 Å². The van der Waals surface area contributed by atoms with Crippen LogP contribution < -0.4 is 10.6 Å². The number of nitro benzene ring substituents is 1. The molecule has 0 spiro atoms. The summed E-state index contributed by atoms with van der Waals surface area (Å²) in [5.41, 5.74) is -3.10. The molecule has 0 aliphatic heterocycles. The van der Waals surface area contributed by atoms with Crippen LogP contribution in [0.5, 0.6) is 0 Å². The Labute approximate surface area is 158 Å². The Bertz CT molecular complexity index is 873. The van der Waals surface area contributed by atoms with Crippen molar-refractivity contribution in [2.75, 3.05) is 23.7 Å². The van der Waals surface area contributed by atoms with Crippen molar-refractivity contribution in [2.45, 2.75) is 12.4 Å². The molecular weight excluding hydrogens is 418 g/mol. The van der Waals surface area contributed by atoms with Gasteiger partial charge in [0.15, 0.2) is 0 Å². The van der Waals surface area contributed by atoms with Crippen molar-refractivity contribution in [1.29, 1.82) is 0 Å². The number of nitro groups is 1. The van der Waals surface area contributed by atoms with Gasteiger partial charge in [0.25, 0.3) is 5.69 Å². The predicted molar refractivity (Wildman–Crippen MR) is 89.3 cm³/mol. The third kappa shape index (κ3) is 5.38. The Kier molecular flexibility index (Phi) is 6.22. The standard InChI is InChI=1S/C15H11ClF6N4O2/c16-10-5-9(15(20,21)22)7-25-13(10)24-4-3-23-11-2-1-8(14(17,18)19)6-12(11)26(27)28/h1-2,5-7,23H,3-4H2,(H,24,25). The monoisotopic (exact) mass is 428 g/mol. The maximum Gasteiger partial charge on any atom is 0.417 e. The first-order valence-electron chi connectivity index (χ1n) is 7.45. The summed E-state index contributed by atoms with van der Waals surface area (Å²) in [7, 11) is 0. The molecule has 13 heteroatoms. The molecule has 152 valence electrons. The van der Waals surface area contributed by atoms with Gasteiger partial charge in [0.1, 0.15) is 11.5 Å². The van der Waals surface area contributed by atoms with E-state index in [0.717, 1.165) is 6.07 Å². The third-order valence-electron chi connectivity index (χ3n) is 3.42. The smallest absolute Gasteiger partial charge is 0.378 e. The van der Waals surface area contributed by atoms with Gasteiger partial charge in [-0.3, -0.25) is 10.1 Å². The average molecular weight is 429 g/mol. The Morgan fingerprint density at radius 3 is 2.14 bits per heavy atom. The summed E-state index contributed by atoms with van der Waals surface area (Å²) >= 11 is 5.72. The maximum atomic E-state index is 12.7. The molecule has 1 aromatic carbocycles. The van der Waals surface area contributed by atoms with Crippen LogP contribution in [-0.2, 0) is 12.4 Å². The van der Waals surface area contributed by atoms with Crippen LogP contribution in [0.4, 0.5) is 43.5 Å². The van der Waals surface area contributed by atoms with Crippen LogP contribution in [0.15, 0.2) is 30.5 Å². The molecule has 6 nitrogen and oxygen atoms in total. The van der Waals surface area contributed by atoms with Gasteiger partial charge in [0.2, 0.25) is 0 Å². The quantitative estimate of drug-likeness (QED) is 0.286. The number of halogens is 7. The van der Waals surface area contributed by atoms with Gasteiger partial charge in [-0.25, -0.2) is 4.98 Å². The van der Waals surface area contributed by atoms with E-state index in [-0.39, 0.29) is 29.6 Å². The number of alkyl halides is 6. The van der Waals surface area contributed by atoms with E-state index in [1.165, 1.54) is 0 Å². The second-order valence-corrected chi connectivity index (χ2v) is 5.80. The molecule has 0 radical (unpaired) electrons. The van der Waals surface area contributed by atoms with Crippen LogP contribution in [0.1, 0.15) is 11.1 Å². The van der Waals surface area contributed by atoms with Gasteiger partial charge in [-0.15, -0.1) is 0 Å². The lowest BCUT2D eigenvalue weighted by atomic mass is 10.1. The van der Waals surface area contributed by atoms with Crippen molar-refractivity contribution in [3.8, 4) is 0 Å². The fourth-order valence-corrected chi connectivity index (χ4v) is 2.34. The fraction of sp³-hybridized carbons (Fsp3) is 0.267. The SMILES string of the molecule is O=[N+]([O-])c1cc(C(F)(F)F)ccc1NCCNc1ncc(C(F)(F)F)cc1Cl. The number of nitrogens with one attached hydrogen (secondary N) is 2. The lowest BCUT2D eigenvalue weighted by Crippen LogP contribution is -2.16. The molecule has 0 aliphatic carbocycles. The van der Waals surface area contributed by atoms with Crippen LogP contribution in [0, 0.1) is 10.1 Å². The molecule has 0 aliphatic rings. The molecule has 0 bridgehead atoms. The molecule has 2 rings (SSSR count). The minimum atomic E-state index is -4.73. The lowest BCUT2D eigenvalue weighted by Gasteiger charge is -2.12. The second kappa shape index (κ2) is 8.09. The fourth-order valence-electron chi connectivity index (χ4n) is 2.11. The highest BCUT2D eigenvalue weighted by Gasteiger charge is 2.33. The second-order valence-electron chi connectivity index (χ2n) is 5.39. The summed E-state index contributed by atoms with van der Waals surface area (Å²) in [5, 5.41) is 15.9. The number of pyridine rings is 1. The first-order chi connectivity index (χ1) is 12.9. The number of benzene rings is 1. The zero-order chi connectivity index (χ0) is 21.1. The van der Waals surface area contributed by atoms with Gasteiger partial charge in [0.05, 0.1) is 21.1 Å². The van der Waals surface area contributed by atoms with Gasteiger partial charge >= 0.3 is 12.4 Å². The molecule has 0 unspecified atom stereocenters. The molecule has 2 aromatic rings. The number of rotatable bonds is 6. The summed E-state index contributed by atoms with van der Waals surface area (Å²) < 4.78 is 75.6. The summed E-state index contributed by atoms with van der Waals surface area (Å²) in [6, 6.07) is 2.70. The predicted octanol–water partition coefficient (Wildman–Crippen LogP) is 5.20. The van der Waals surface area contributed by atoms with E-state index in [2.05, 4.69) is 15.6 Å². The first kappa shape index (κ1) is 21.5. The maximum absolute atomic E-state index is 12.7. The number of hydrogen-bond donors (Lipinski definition) is 2. The van der Waals surface area contributed by atoms with E-state index >= 15 is 0 Å². The van der Waals surface area contributed by atoms with E-state index < -0.39 is 34.1 Å². The molecule has 1 aromatic heterocycles. The van der Waals surface area contributed by atoms with E-state index in [4.69, 9.17) is 11.6 Å². The zero-order valence-electron chi connectivity index (χ0n) is 13.7. The third-order valence-corrected chi connectivity index (χ3v) is 3.71. The summed E-state index contributed by atoms with van der Waals surface area (Å²) in [6.07, 6.45) is -8.74. The zero-order valence-corrected chi connectivity index (χ0v) is 14.4. The van der Waals surface area contributed by atoms with Gasteiger partial charge < -0.3 is 10.6 Å². The topological polar surface area (TPSA) is 80.1 Å². The normalized spacial score (nSPS) is 12.0. The van der Waals surface area contributed by atoms with Gasteiger partial charge in [-0.1, -0.05) is 11.6 Å². The molecule has 28 heavy (non-hydrogen) atoms. The highest BCUT2D eigenvalue weighted by molar-refractivity contribution is 6.32. The van der Waals surface area contributed by atoms with Crippen LogP contribution in [0.2, 0.25) is 5.02 Å². The molecule has 2 N–H and O–H groups in total. The molecule has 0 saturated heterocycles. The van der Waals surface area contributed by atoms with Crippen molar-refractivity contribution >= 4 is 28.8 Å². The lowest BCUT2D eigenvalue weighted by molar-refractivity contribution is -0.384. The van der Waals surface area contributed by atoms with Crippen molar-refractivity contribution in [3.05, 3.63) is 56.7 Å². The summed E-state index contributed by atoms with van der Waals surface area (Å²) in [5.74, 6) is -0.0432. The number of anilines is 2. The van der Waals surface area contributed by atoms with Crippen LogP contribution in [-0.4, -0.2) is 23.0 Å². The van der Waals surface area contributed by atoms with Crippen LogP contribution >= 0.6 is 11.6 Å². The van der Waals surface area contributed by atoms with E-state index in [1.807, 2.05) is 0 Å².